The third kappa shape index (κ3) is 4.45. The molecule has 0 radical (unpaired) electrons. The predicted molar refractivity (Wildman–Crippen MR) is 89.8 cm³/mol. The zero-order chi connectivity index (χ0) is 17.7. The van der Waals surface area contributed by atoms with Crippen LogP contribution in [0.25, 0.3) is 0 Å². The minimum atomic E-state index is -0.660. The highest BCUT2D eigenvalue weighted by atomic mass is 32.1. The number of nitrogens with zero attached hydrogens (tertiary/aromatic N) is 1. The van der Waals surface area contributed by atoms with Crippen molar-refractivity contribution in [1.29, 1.82) is 0 Å². The van der Waals surface area contributed by atoms with E-state index in [2.05, 4.69) is 5.32 Å². The first-order chi connectivity index (χ1) is 11.4. The van der Waals surface area contributed by atoms with Gasteiger partial charge in [0, 0.05) is 16.3 Å². The van der Waals surface area contributed by atoms with Gasteiger partial charge in [-0.25, -0.2) is 4.79 Å². The number of aryl methyl sites for hydroxylation is 1. The van der Waals surface area contributed by atoms with Crippen molar-refractivity contribution in [3.63, 3.8) is 0 Å². The molecule has 128 valence electrons. The molecule has 2 rings (SSSR count). The molecule has 7 nitrogen and oxygen atoms in total. The van der Waals surface area contributed by atoms with E-state index >= 15 is 0 Å². The van der Waals surface area contributed by atoms with Crippen LogP contribution in [0.3, 0.4) is 0 Å². The van der Waals surface area contributed by atoms with Gasteiger partial charge in [0.2, 0.25) is 5.91 Å². The number of ether oxygens (including phenoxy) is 1. The average Bonchev–Trinajstić information content (AvgIpc) is 3.14. The van der Waals surface area contributed by atoms with Gasteiger partial charge in [0.25, 0.3) is 5.91 Å². The zero-order valence-corrected chi connectivity index (χ0v) is 14.3. The summed E-state index contributed by atoms with van der Waals surface area (Å²) in [5.41, 5.74) is 7.06. The molecule has 24 heavy (non-hydrogen) atoms. The van der Waals surface area contributed by atoms with E-state index in [0.717, 1.165) is 11.4 Å². The molecule has 0 aliphatic carbocycles. The van der Waals surface area contributed by atoms with Crippen LogP contribution in [0.2, 0.25) is 0 Å². The van der Waals surface area contributed by atoms with Gasteiger partial charge >= 0.3 is 5.97 Å². The monoisotopic (exact) mass is 349 g/mol. The molecule has 8 heteroatoms. The van der Waals surface area contributed by atoms with Crippen molar-refractivity contribution in [2.75, 3.05) is 13.2 Å². The van der Waals surface area contributed by atoms with Crippen LogP contribution in [0.15, 0.2) is 23.6 Å². The van der Waals surface area contributed by atoms with Crippen LogP contribution in [-0.2, 0) is 20.9 Å². The van der Waals surface area contributed by atoms with E-state index in [0.29, 0.717) is 12.1 Å². The molecule has 2 aromatic heterocycles. The summed E-state index contributed by atoms with van der Waals surface area (Å²) < 4.78 is 7.02. The van der Waals surface area contributed by atoms with Crippen LogP contribution in [-0.4, -0.2) is 35.5 Å². The Balaban J connectivity index is 2.00. The normalized spacial score (nSPS) is 10.4. The van der Waals surface area contributed by atoms with E-state index < -0.39 is 24.4 Å². The highest BCUT2D eigenvalue weighted by Gasteiger charge is 2.18. The van der Waals surface area contributed by atoms with Crippen LogP contribution in [0.5, 0.6) is 0 Å². The minimum Gasteiger partial charge on any atom is -0.452 e. The number of esters is 1. The second kappa shape index (κ2) is 7.78. The maximum absolute atomic E-state index is 12.2. The van der Waals surface area contributed by atoms with Gasteiger partial charge < -0.3 is 20.4 Å². The quantitative estimate of drug-likeness (QED) is 0.727. The van der Waals surface area contributed by atoms with Gasteiger partial charge in [-0.1, -0.05) is 6.07 Å². The molecule has 0 saturated heterocycles. The van der Waals surface area contributed by atoms with Gasteiger partial charge in [-0.15, -0.1) is 11.3 Å². The van der Waals surface area contributed by atoms with Crippen molar-refractivity contribution in [2.45, 2.75) is 20.4 Å². The molecule has 3 N–H and O–H groups in total. The second-order valence-electron chi connectivity index (χ2n) is 5.27. The van der Waals surface area contributed by atoms with Gasteiger partial charge in [0.15, 0.2) is 6.61 Å². The van der Waals surface area contributed by atoms with E-state index in [1.54, 1.807) is 17.4 Å². The highest BCUT2D eigenvalue weighted by molar-refractivity contribution is 7.09. The molecule has 2 amide bonds. The molecule has 0 aliphatic heterocycles. The molecular weight excluding hydrogens is 330 g/mol. The SMILES string of the molecule is Cc1cc(C(=O)OCC(=O)NCC(N)=O)c(C)n1Cc1cccs1. The number of primary amides is 1. The Morgan fingerprint density at radius 2 is 2.08 bits per heavy atom. The van der Waals surface area contributed by atoms with Crippen molar-refractivity contribution in [3.05, 3.63) is 45.4 Å². The molecule has 0 fully saturated rings. The summed E-state index contributed by atoms with van der Waals surface area (Å²) in [6.45, 7) is 3.69. The second-order valence-corrected chi connectivity index (χ2v) is 6.30. The summed E-state index contributed by atoms with van der Waals surface area (Å²) >= 11 is 1.65. The first kappa shape index (κ1) is 17.7. The number of amides is 2. The number of carbonyl (C=O) groups excluding carboxylic acids is 3. The number of nitrogens with two attached hydrogens (primary N) is 1. The van der Waals surface area contributed by atoms with E-state index in [1.807, 2.05) is 35.9 Å². The number of carbonyl (C=O) groups is 3. The summed E-state index contributed by atoms with van der Waals surface area (Å²) in [5.74, 6) is -1.81. The van der Waals surface area contributed by atoms with E-state index in [1.165, 1.54) is 4.88 Å². The Labute approximate surface area is 143 Å². The van der Waals surface area contributed by atoms with Gasteiger partial charge in [0.1, 0.15) is 0 Å². The maximum Gasteiger partial charge on any atom is 0.340 e. The fraction of sp³-hybridized carbons (Fsp3) is 0.312. The Hall–Kier alpha value is -2.61. The van der Waals surface area contributed by atoms with Gasteiger partial charge in [0.05, 0.1) is 18.7 Å². The number of rotatable bonds is 7. The lowest BCUT2D eigenvalue weighted by Crippen LogP contribution is -2.36. The molecule has 0 spiro atoms. The standard InChI is InChI=1S/C16H19N3O4S/c1-10-6-13(11(2)19(10)8-12-4-3-5-24-12)16(22)23-9-15(21)18-7-14(17)20/h3-6H,7-9H2,1-2H3,(H2,17,20)(H,18,21). The number of hydrogen-bond acceptors (Lipinski definition) is 5. The number of aromatic nitrogens is 1. The van der Waals surface area contributed by atoms with E-state index in [-0.39, 0.29) is 6.54 Å². The lowest BCUT2D eigenvalue weighted by Gasteiger charge is -2.08. The van der Waals surface area contributed by atoms with Gasteiger partial charge in [-0.2, -0.15) is 0 Å². The van der Waals surface area contributed by atoms with Crippen molar-refractivity contribution >= 4 is 29.1 Å². The van der Waals surface area contributed by atoms with Gasteiger partial charge in [-0.05, 0) is 31.4 Å². The van der Waals surface area contributed by atoms with Crippen molar-refractivity contribution in [1.82, 2.24) is 9.88 Å². The summed E-state index contributed by atoms with van der Waals surface area (Å²) in [7, 11) is 0. The van der Waals surface area contributed by atoms with Gasteiger partial charge in [-0.3, -0.25) is 9.59 Å². The number of thiophene rings is 1. The predicted octanol–water partition coefficient (Wildman–Crippen LogP) is 0.973. The van der Waals surface area contributed by atoms with Crippen LogP contribution in [0.1, 0.15) is 26.6 Å². The molecular formula is C16H19N3O4S. The molecule has 2 aromatic rings. The molecule has 0 aromatic carbocycles. The van der Waals surface area contributed by atoms with Crippen LogP contribution in [0, 0.1) is 13.8 Å². The first-order valence-electron chi connectivity index (χ1n) is 7.29. The first-order valence-corrected chi connectivity index (χ1v) is 8.17. The fourth-order valence-electron chi connectivity index (χ4n) is 2.26. The zero-order valence-electron chi connectivity index (χ0n) is 13.5. The van der Waals surface area contributed by atoms with Crippen LogP contribution < -0.4 is 11.1 Å². The maximum atomic E-state index is 12.2. The van der Waals surface area contributed by atoms with Crippen molar-refractivity contribution in [3.8, 4) is 0 Å². The smallest absolute Gasteiger partial charge is 0.340 e. The number of hydrogen-bond donors (Lipinski definition) is 2. The molecule has 0 atom stereocenters. The topological polar surface area (TPSA) is 103 Å². The molecule has 2 heterocycles. The molecule has 0 aliphatic rings. The molecule has 0 bridgehead atoms. The fourth-order valence-corrected chi connectivity index (χ4v) is 2.95. The Kier molecular flexibility index (Phi) is 5.75. The van der Waals surface area contributed by atoms with Crippen molar-refractivity contribution < 1.29 is 19.1 Å². The largest absolute Gasteiger partial charge is 0.452 e. The summed E-state index contributed by atoms with van der Waals surface area (Å²) in [4.78, 5) is 35.4. The van der Waals surface area contributed by atoms with Crippen molar-refractivity contribution in [2.24, 2.45) is 5.73 Å². The minimum absolute atomic E-state index is 0.286. The Morgan fingerprint density at radius 3 is 2.71 bits per heavy atom. The Morgan fingerprint density at radius 1 is 1.33 bits per heavy atom. The summed E-state index contributed by atoms with van der Waals surface area (Å²) in [6.07, 6.45) is 0. The highest BCUT2D eigenvalue weighted by Crippen LogP contribution is 2.19. The molecule has 0 unspecified atom stereocenters. The third-order valence-corrected chi connectivity index (χ3v) is 4.34. The van der Waals surface area contributed by atoms with Crippen LogP contribution >= 0.6 is 11.3 Å². The van der Waals surface area contributed by atoms with E-state index in [4.69, 9.17) is 10.5 Å². The van der Waals surface area contributed by atoms with Crippen LogP contribution in [0.4, 0.5) is 0 Å². The third-order valence-electron chi connectivity index (χ3n) is 3.48. The lowest BCUT2D eigenvalue weighted by molar-refractivity contribution is -0.127. The average molecular weight is 349 g/mol. The van der Waals surface area contributed by atoms with E-state index in [9.17, 15) is 14.4 Å². The summed E-state index contributed by atoms with van der Waals surface area (Å²) in [5, 5.41) is 4.26. The summed E-state index contributed by atoms with van der Waals surface area (Å²) in [6, 6.07) is 5.76. The lowest BCUT2D eigenvalue weighted by atomic mass is 10.2. The molecule has 0 saturated carbocycles. The Bertz CT molecular complexity index is 750. The number of nitrogens with one attached hydrogen (secondary N) is 1.